The van der Waals surface area contributed by atoms with Gasteiger partial charge in [0.15, 0.2) is 6.10 Å². The van der Waals surface area contributed by atoms with Crippen molar-refractivity contribution in [2.75, 3.05) is 13.2 Å². The number of hydrogen-bond donors (Lipinski definition) is 0. The molecule has 0 aliphatic carbocycles. The van der Waals surface area contributed by atoms with Crippen LogP contribution < -0.4 is 0 Å². The van der Waals surface area contributed by atoms with Gasteiger partial charge in [-0.15, -0.1) is 0 Å². The van der Waals surface area contributed by atoms with E-state index >= 15 is 0 Å². The fraction of sp³-hybridized carbons (Fsp3) is 0.902. The summed E-state index contributed by atoms with van der Waals surface area (Å²) in [6.45, 7) is 6.59. The smallest absolute Gasteiger partial charge is 0.306 e. The lowest BCUT2D eigenvalue weighted by Crippen LogP contribution is -2.30. The molecule has 0 aliphatic heterocycles. The second kappa shape index (κ2) is 46.8. The van der Waals surface area contributed by atoms with E-state index in [0.29, 0.717) is 19.3 Å². The van der Waals surface area contributed by atoms with E-state index in [2.05, 4.69) is 32.9 Å². The Morgan fingerprint density at radius 2 is 0.596 bits per heavy atom. The van der Waals surface area contributed by atoms with Crippen molar-refractivity contribution in [1.82, 2.24) is 0 Å². The molecule has 0 saturated carbocycles. The molecule has 0 bridgehead atoms. The lowest BCUT2D eigenvalue weighted by Gasteiger charge is -2.18. The van der Waals surface area contributed by atoms with Gasteiger partial charge in [-0.1, -0.05) is 232 Å². The van der Waals surface area contributed by atoms with Crippen molar-refractivity contribution in [2.45, 2.75) is 284 Å². The highest BCUT2D eigenvalue weighted by Gasteiger charge is 2.19. The Labute approximate surface area is 354 Å². The van der Waals surface area contributed by atoms with Gasteiger partial charge in [-0.2, -0.15) is 0 Å². The Morgan fingerprint density at radius 1 is 0.333 bits per heavy atom. The number of rotatable bonds is 46. The third-order valence-electron chi connectivity index (χ3n) is 11.3. The molecule has 336 valence electrons. The molecule has 6 heteroatoms. The zero-order valence-electron chi connectivity index (χ0n) is 38.4. The maximum Gasteiger partial charge on any atom is 0.306 e. The predicted molar refractivity (Wildman–Crippen MR) is 243 cm³/mol. The van der Waals surface area contributed by atoms with Crippen LogP contribution in [-0.2, 0) is 28.6 Å². The highest BCUT2D eigenvalue weighted by molar-refractivity contribution is 5.71. The van der Waals surface area contributed by atoms with Crippen LogP contribution in [0.2, 0.25) is 0 Å². The standard InChI is InChI=1S/C51H96O6/c1-4-7-10-13-16-19-21-22-23-24-25-26-27-28-29-31-32-35-38-41-44-50(53)56-47-48(46-55-49(52)43-40-37-34-18-15-12-9-6-3)57-51(54)45-42-39-36-33-30-20-17-14-11-8-5-2/h14,17,48H,4-13,15-16,18-47H2,1-3H3/b17-14-. The number of carbonyl (C=O) groups excluding carboxylic acids is 3. The first kappa shape index (κ1) is 55.2. The van der Waals surface area contributed by atoms with Crippen molar-refractivity contribution >= 4 is 17.9 Å². The van der Waals surface area contributed by atoms with Gasteiger partial charge in [0, 0.05) is 19.3 Å². The Bertz CT molecular complexity index is 885. The molecule has 0 fully saturated rings. The number of unbranched alkanes of at least 4 members (excludes halogenated alkanes) is 33. The SMILES string of the molecule is CCCC/C=C\CCCCCCCC(=O)OC(COC(=O)CCCCCCCCCC)COC(=O)CCCCCCCCCCCCCCCCCCCCCC. The first-order valence-electron chi connectivity index (χ1n) is 25.2. The van der Waals surface area contributed by atoms with Crippen LogP contribution in [-0.4, -0.2) is 37.2 Å². The average Bonchev–Trinajstić information content (AvgIpc) is 3.21. The average molecular weight is 805 g/mol. The minimum absolute atomic E-state index is 0.0689. The van der Waals surface area contributed by atoms with Gasteiger partial charge in [0.1, 0.15) is 13.2 Å². The molecular weight excluding hydrogens is 709 g/mol. The summed E-state index contributed by atoms with van der Waals surface area (Å²) >= 11 is 0. The molecule has 0 rings (SSSR count). The van der Waals surface area contributed by atoms with Gasteiger partial charge in [0.25, 0.3) is 0 Å². The van der Waals surface area contributed by atoms with Gasteiger partial charge in [-0.3, -0.25) is 14.4 Å². The van der Waals surface area contributed by atoms with E-state index in [0.717, 1.165) is 64.2 Å². The zero-order valence-corrected chi connectivity index (χ0v) is 38.4. The fourth-order valence-electron chi connectivity index (χ4n) is 7.42. The summed E-state index contributed by atoms with van der Waals surface area (Å²) in [4.78, 5) is 37.7. The number of esters is 3. The summed E-state index contributed by atoms with van der Waals surface area (Å²) in [5.74, 6) is -0.870. The first-order valence-corrected chi connectivity index (χ1v) is 25.2. The normalized spacial score (nSPS) is 12.0. The zero-order chi connectivity index (χ0) is 41.5. The van der Waals surface area contributed by atoms with Gasteiger partial charge in [0.2, 0.25) is 0 Å². The summed E-state index contributed by atoms with van der Waals surface area (Å²) in [5, 5.41) is 0. The summed E-state index contributed by atoms with van der Waals surface area (Å²) in [6, 6.07) is 0. The minimum Gasteiger partial charge on any atom is -0.462 e. The van der Waals surface area contributed by atoms with Gasteiger partial charge in [0.05, 0.1) is 0 Å². The van der Waals surface area contributed by atoms with Gasteiger partial charge < -0.3 is 14.2 Å². The summed E-state index contributed by atoms with van der Waals surface area (Å²) < 4.78 is 16.7. The van der Waals surface area contributed by atoms with Crippen LogP contribution in [0.25, 0.3) is 0 Å². The van der Waals surface area contributed by atoms with E-state index < -0.39 is 6.10 Å². The van der Waals surface area contributed by atoms with Crippen molar-refractivity contribution < 1.29 is 28.6 Å². The van der Waals surface area contributed by atoms with Crippen LogP contribution >= 0.6 is 0 Å². The summed E-state index contributed by atoms with van der Waals surface area (Å²) in [7, 11) is 0. The summed E-state index contributed by atoms with van der Waals surface area (Å²) in [5.41, 5.74) is 0. The molecule has 0 saturated heterocycles. The van der Waals surface area contributed by atoms with Crippen molar-refractivity contribution in [1.29, 1.82) is 0 Å². The van der Waals surface area contributed by atoms with Crippen molar-refractivity contribution in [3.05, 3.63) is 12.2 Å². The Hall–Kier alpha value is -1.85. The molecule has 1 atom stereocenters. The van der Waals surface area contributed by atoms with E-state index in [-0.39, 0.29) is 31.1 Å². The van der Waals surface area contributed by atoms with E-state index in [1.54, 1.807) is 0 Å². The quantitative estimate of drug-likeness (QED) is 0.0264. The molecule has 0 radical (unpaired) electrons. The molecule has 0 aromatic rings. The number of ether oxygens (including phenoxy) is 3. The van der Waals surface area contributed by atoms with Gasteiger partial charge >= 0.3 is 17.9 Å². The van der Waals surface area contributed by atoms with Gasteiger partial charge in [-0.05, 0) is 38.5 Å². The molecule has 1 unspecified atom stereocenters. The molecule has 0 aromatic carbocycles. The predicted octanol–water partition coefficient (Wildman–Crippen LogP) is 16.2. The molecule has 57 heavy (non-hydrogen) atoms. The molecular formula is C51H96O6. The Morgan fingerprint density at radius 3 is 0.930 bits per heavy atom. The van der Waals surface area contributed by atoms with Crippen LogP contribution in [0.1, 0.15) is 278 Å². The second-order valence-electron chi connectivity index (χ2n) is 17.1. The number of hydrogen-bond acceptors (Lipinski definition) is 6. The van der Waals surface area contributed by atoms with Gasteiger partial charge in [-0.25, -0.2) is 0 Å². The van der Waals surface area contributed by atoms with Crippen LogP contribution in [0, 0.1) is 0 Å². The third kappa shape index (κ3) is 45.1. The maximum atomic E-state index is 12.7. The van der Waals surface area contributed by atoms with Crippen LogP contribution in [0.4, 0.5) is 0 Å². The molecule has 0 spiro atoms. The number of allylic oxidation sites excluding steroid dienone is 2. The van der Waals surface area contributed by atoms with E-state index in [4.69, 9.17) is 14.2 Å². The van der Waals surface area contributed by atoms with Crippen LogP contribution in [0.3, 0.4) is 0 Å². The van der Waals surface area contributed by atoms with Crippen LogP contribution in [0.5, 0.6) is 0 Å². The lowest BCUT2D eigenvalue weighted by atomic mass is 10.0. The molecule has 6 nitrogen and oxygen atoms in total. The van der Waals surface area contributed by atoms with E-state index in [1.165, 1.54) is 173 Å². The topological polar surface area (TPSA) is 78.9 Å². The first-order chi connectivity index (χ1) is 28.0. The molecule has 0 aliphatic rings. The fourth-order valence-corrected chi connectivity index (χ4v) is 7.42. The molecule has 0 aromatic heterocycles. The number of carbonyl (C=O) groups is 3. The monoisotopic (exact) mass is 805 g/mol. The second-order valence-corrected chi connectivity index (χ2v) is 17.1. The van der Waals surface area contributed by atoms with Crippen molar-refractivity contribution in [2.24, 2.45) is 0 Å². The molecule has 0 heterocycles. The van der Waals surface area contributed by atoms with Crippen molar-refractivity contribution in [3.63, 3.8) is 0 Å². The van der Waals surface area contributed by atoms with Crippen molar-refractivity contribution in [3.8, 4) is 0 Å². The lowest BCUT2D eigenvalue weighted by molar-refractivity contribution is -0.167. The third-order valence-corrected chi connectivity index (χ3v) is 11.3. The molecule has 0 amide bonds. The summed E-state index contributed by atoms with van der Waals surface area (Å²) in [6.07, 6.45) is 50.7. The largest absolute Gasteiger partial charge is 0.462 e. The maximum absolute atomic E-state index is 12.7. The van der Waals surface area contributed by atoms with Crippen LogP contribution in [0.15, 0.2) is 12.2 Å². The van der Waals surface area contributed by atoms with E-state index in [9.17, 15) is 14.4 Å². The Kier molecular flexibility index (Phi) is 45.3. The minimum atomic E-state index is -0.765. The van der Waals surface area contributed by atoms with E-state index in [1.807, 2.05) is 0 Å². The highest BCUT2D eigenvalue weighted by atomic mass is 16.6. The highest BCUT2D eigenvalue weighted by Crippen LogP contribution is 2.16. The Balaban J connectivity index is 4.17. The molecule has 0 N–H and O–H groups in total.